The number of amides is 4. The van der Waals surface area contributed by atoms with Gasteiger partial charge in [0, 0.05) is 13.1 Å². The first-order valence-electron chi connectivity index (χ1n) is 11.8. The summed E-state index contributed by atoms with van der Waals surface area (Å²) in [5.41, 5.74) is 3.27. The van der Waals surface area contributed by atoms with E-state index < -0.39 is 0 Å². The molecule has 2 heterocycles. The second-order valence-corrected chi connectivity index (χ2v) is 10.1. The van der Waals surface area contributed by atoms with E-state index in [0.717, 1.165) is 41.2 Å². The van der Waals surface area contributed by atoms with Crippen molar-refractivity contribution in [2.24, 2.45) is 11.3 Å². The van der Waals surface area contributed by atoms with Crippen LogP contribution in [0.5, 0.6) is 0 Å². The van der Waals surface area contributed by atoms with E-state index >= 15 is 0 Å². The second kappa shape index (κ2) is 6.86. The predicted octanol–water partition coefficient (Wildman–Crippen LogP) is 4.53. The molecule has 1 unspecified atom stereocenters. The normalized spacial score (nSPS) is 28.1. The van der Waals surface area contributed by atoms with Crippen molar-refractivity contribution in [2.75, 3.05) is 7.05 Å². The van der Waals surface area contributed by atoms with Crippen LogP contribution >= 0.6 is 0 Å². The summed E-state index contributed by atoms with van der Waals surface area (Å²) in [5.74, 6) is -0.248. The third kappa shape index (κ3) is 2.79. The Bertz CT molecular complexity index is 1250. The van der Waals surface area contributed by atoms with Crippen molar-refractivity contribution in [2.45, 2.75) is 51.5 Å². The minimum Gasteiger partial charge on any atom is -0.277 e. The lowest BCUT2D eigenvalue weighted by Crippen LogP contribution is -2.36. The first-order chi connectivity index (χ1) is 15.8. The average Bonchev–Trinajstić information content (AvgIpc) is 3.40. The lowest BCUT2D eigenvalue weighted by Gasteiger charge is -2.30. The van der Waals surface area contributed by atoms with Gasteiger partial charge >= 0.3 is 0 Å². The van der Waals surface area contributed by atoms with Crippen LogP contribution in [-0.4, -0.2) is 46.5 Å². The number of carbonyl (C=O) groups is 4. The fraction of sp³-hybridized carbons (Fsp3) is 0.407. The molecule has 0 aromatic heterocycles. The SMILES string of the molecule is CCC1CCC2(CC1)CC2N1C(=O)c2ccc(-c3ccc4c(c3)C(=O)N(C)C4=O)cc2C1=O. The van der Waals surface area contributed by atoms with Crippen LogP contribution < -0.4 is 0 Å². The number of benzene rings is 2. The van der Waals surface area contributed by atoms with E-state index in [1.807, 2.05) is 6.07 Å². The second-order valence-electron chi connectivity index (χ2n) is 10.1. The number of rotatable bonds is 3. The van der Waals surface area contributed by atoms with Gasteiger partial charge in [-0.05, 0) is 78.8 Å². The number of nitrogens with zero attached hydrogens (tertiary/aromatic N) is 2. The molecule has 2 saturated carbocycles. The van der Waals surface area contributed by atoms with Gasteiger partial charge in [0.25, 0.3) is 23.6 Å². The highest BCUT2D eigenvalue weighted by atomic mass is 16.2. The van der Waals surface area contributed by atoms with Crippen LogP contribution in [0.2, 0.25) is 0 Å². The summed E-state index contributed by atoms with van der Waals surface area (Å²) in [6.45, 7) is 2.24. The molecule has 4 aliphatic rings. The number of imide groups is 2. The highest BCUT2D eigenvalue weighted by Gasteiger charge is 2.61. The third-order valence-electron chi connectivity index (χ3n) is 8.48. The summed E-state index contributed by atoms with van der Waals surface area (Å²) < 4.78 is 0. The van der Waals surface area contributed by atoms with Gasteiger partial charge in [-0.25, -0.2) is 0 Å². The molecule has 6 nitrogen and oxygen atoms in total. The van der Waals surface area contributed by atoms with Gasteiger partial charge in [-0.15, -0.1) is 0 Å². The number of hydrogen-bond donors (Lipinski definition) is 0. The standard InChI is InChI=1S/C27H26N2O4/c1-3-15-8-10-27(11-9-15)14-22(27)29-25(32)19-7-5-17(13-21(19)26(29)33)16-4-6-18-20(12-16)24(31)28(2)23(18)30/h4-7,12-13,15,22H,3,8-11,14H2,1-2H3. The van der Waals surface area contributed by atoms with Crippen molar-refractivity contribution in [3.8, 4) is 11.1 Å². The van der Waals surface area contributed by atoms with Crippen molar-refractivity contribution >= 4 is 23.6 Å². The van der Waals surface area contributed by atoms with E-state index in [2.05, 4.69) is 6.92 Å². The highest BCUT2D eigenvalue weighted by Crippen LogP contribution is 2.61. The molecule has 1 spiro atoms. The molecule has 2 aromatic carbocycles. The van der Waals surface area contributed by atoms with Gasteiger partial charge in [0.05, 0.1) is 22.3 Å². The lowest BCUT2D eigenvalue weighted by molar-refractivity contribution is 0.0600. The molecule has 0 saturated heterocycles. The monoisotopic (exact) mass is 442 g/mol. The molecule has 6 rings (SSSR count). The zero-order valence-corrected chi connectivity index (χ0v) is 18.9. The van der Waals surface area contributed by atoms with E-state index in [1.54, 1.807) is 30.3 Å². The number of carbonyl (C=O) groups excluding carboxylic acids is 4. The molecule has 33 heavy (non-hydrogen) atoms. The van der Waals surface area contributed by atoms with E-state index in [4.69, 9.17) is 0 Å². The summed E-state index contributed by atoms with van der Waals surface area (Å²) in [4.78, 5) is 53.7. The largest absolute Gasteiger partial charge is 0.277 e. The number of fused-ring (bicyclic) bond motifs is 2. The van der Waals surface area contributed by atoms with Crippen LogP contribution in [0.4, 0.5) is 0 Å². The Morgan fingerprint density at radius 1 is 0.788 bits per heavy atom. The van der Waals surface area contributed by atoms with Crippen LogP contribution in [0.25, 0.3) is 11.1 Å². The molecule has 2 aliphatic heterocycles. The fourth-order valence-corrected chi connectivity index (χ4v) is 6.15. The molecule has 2 fully saturated rings. The van der Waals surface area contributed by atoms with Gasteiger partial charge in [-0.2, -0.15) is 0 Å². The first-order valence-corrected chi connectivity index (χ1v) is 11.8. The molecule has 168 valence electrons. The molecule has 0 N–H and O–H groups in total. The zero-order valence-electron chi connectivity index (χ0n) is 18.9. The summed E-state index contributed by atoms with van der Waals surface area (Å²) in [5, 5.41) is 0. The Hall–Kier alpha value is -3.28. The van der Waals surface area contributed by atoms with Gasteiger partial charge in [0.2, 0.25) is 0 Å². The van der Waals surface area contributed by atoms with Crippen molar-refractivity contribution in [3.05, 3.63) is 58.7 Å². The number of hydrogen-bond acceptors (Lipinski definition) is 4. The van der Waals surface area contributed by atoms with E-state index in [1.165, 1.54) is 31.2 Å². The first kappa shape index (κ1) is 20.3. The van der Waals surface area contributed by atoms with Gasteiger partial charge in [-0.3, -0.25) is 29.0 Å². The molecule has 0 bridgehead atoms. The molecular formula is C27H26N2O4. The van der Waals surface area contributed by atoms with E-state index in [-0.39, 0.29) is 35.1 Å². The van der Waals surface area contributed by atoms with E-state index in [9.17, 15) is 19.2 Å². The molecule has 2 aromatic rings. The summed E-state index contributed by atoms with van der Waals surface area (Å²) >= 11 is 0. The van der Waals surface area contributed by atoms with Crippen LogP contribution in [0, 0.1) is 11.3 Å². The molecule has 2 aliphatic carbocycles. The maximum Gasteiger partial charge on any atom is 0.261 e. The summed E-state index contributed by atoms with van der Waals surface area (Å²) in [7, 11) is 1.47. The molecule has 6 heteroatoms. The van der Waals surface area contributed by atoms with Gasteiger partial charge < -0.3 is 0 Å². The van der Waals surface area contributed by atoms with Crippen molar-refractivity contribution in [1.29, 1.82) is 0 Å². The Kier molecular flexibility index (Phi) is 4.23. The molecule has 1 atom stereocenters. The van der Waals surface area contributed by atoms with Gasteiger partial charge in [0.15, 0.2) is 0 Å². The third-order valence-corrected chi connectivity index (χ3v) is 8.48. The minimum atomic E-state index is -0.327. The maximum absolute atomic E-state index is 13.3. The average molecular weight is 443 g/mol. The molecule has 0 radical (unpaired) electrons. The van der Waals surface area contributed by atoms with Crippen molar-refractivity contribution in [3.63, 3.8) is 0 Å². The van der Waals surface area contributed by atoms with Crippen LogP contribution in [0.3, 0.4) is 0 Å². The van der Waals surface area contributed by atoms with Crippen molar-refractivity contribution in [1.82, 2.24) is 9.80 Å². The van der Waals surface area contributed by atoms with Crippen LogP contribution in [0.1, 0.15) is 86.9 Å². The summed E-state index contributed by atoms with van der Waals surface area (Å²) in [6, 6.07) is 10.4. The molecular weight excluding hydrogens is 416 g/mol. The molecule has 4 amide bonds. The van der Waals surface area contributed by atoms with Gasteiger partial charge in [0.1, 0.15) is 0 Å². The Morgan fingerprint density at radius 3 is 1.91 bits per heavy atom. The zero-order chi connectivity index (χ0) is 23.1. The van der Waals surface area contributed by atoms with Crippen LogP contribution in [-0.2, 0) is 0 Å². The highest BCUT2D eigenvalue weighted by molar-refractivity contribution is 6.23. The lowest BCUT2D eigenvalue weighted by atomic mass is 9.78. The topological polar surface area (TPSA) is 74.8 Å². The smallest absolute Gasteiger partial charge is 0.261 e. The minimum absolute atomic E-state index is 0.0188. The maximum atomic E-state index is 13.3. The van der Waals surface area contributed by atoms with Crippen molar-refractivity contribution < 1.29 is 19.2 Å². The Balaban J connectivity index is 1.29. The summed E-state index contributed by atoms with van der Waals surface area (Å²) in [6.07, 6.45) is 6.71. The van der Waals surface area contributed by atoms with Crippen LogP contribution in [0.15, 0.2) is 36.4 Å². The van der Waals surface area contributed by atoms with E-state index in [0.29, 0.717) is 22.3 Å². The predicted molar refractivity (Wildman–Crippen MR) is 122 cm³/mol. The Labute approximate surface area is 192 Å². The van der Waals surface area contributed by atoms with Gasteiger partial charge in [-0.1, -0.05) is 25.5 Å². The quantitative estimate of drug-likeness (QED) is 0.655. The Morgan fingerprint density at radius 2 is 1.30 bits per heavy atom. The fourth-order valence-electron chi connectivity index (χ4n) is 6.15.